The molecule has 2 rings (SSSR count). The second-order valence-corrected chi connectivity index (χ2v) is 6.11. The maximum Gasteiger partial charge on any atom is 0.123 e. The zero-order valence-electron chi connectivity index (χ0n) is 12.6. The number of benzene rings is 1. The van der Waals surface area contributed by atoms with E-state index in [-0.39, 0.29) is 5.38 Å². The van der Waals surface area contributed by atoms with Gasteiger partial charge in [0.15, 0.2) is 0 Å². The van der Waals surface area contributed by atoms with Gasteiger partial charge in [-0.3, -0.25) is 0 Å². The largest absolute Gasteiger partial charge is 0.497 e. The van der Waals surface area contributed by atoms with Crippen LogP contribution in [0.1, 0.15) is 30.7 Å². The Balaban J connectivity index is 2.09. The first kappa shape index (κ1) is 15.5. The molecule has 2 unspecified atom stereocenters. The van der Waals surface area contributed by atoms with Gasteiger partial charge in [0.2, 0.25) is 0 Å². The highest BCUT2D eigenvalue weighted by Crippen LogP contribution is 2.34. The number of nitrogens with zero attached hydrogens (tertiary/aromatic N) is 1. The summed E-state index contributed by atoms with van der Waals surface area (Å²) in [4.78, 5) is 2.45. The Hall–Kier alpha value is -0.930. The number of hydrogen-bond acceptors (Lipinski definition) is 3. The van der Waals surface area contributed by atoms with E-state index in [4.69, 9.17) is 21.1 Å². The summed E-state index contributed by atoms with van der Waals surface area (Å²) in [5.74, 6) is 2.41. The second kappa shape index (κ2) is 7.19. The van der Waals surface area contributed by atoms with Gasteiger partial charge in [-0.2, -0.15) is 0 Å². The quantitative estimate of drug-likeness (QED) is 0.773. The van der Waals surface area contributed by atoms with Crippen molar-refractivity contribution in [3.05, 3.63) is 23.8 Å². The van der Waals surface area contributed by atoms with E-state index in [0.717, 1.165) is 42.6 Å². The molecule has 0 N–H and O–H groups in total. The van der Waals surface area contributed by atoms with Crippen molar-refractivity contribution in [2.24, 2.45) is 5.92 Å². The van der Waals surface area contributed by atoms with Crippen LogP contribution in [0.25, 0.3) is 0 Å². The molecule has 4 heteroatoms. The molecule has 1 aliphatic heterocycles. The van der Waals surface area contributed by atoms with Gasteiger partial charge < -0.3 is 14.4 Å². The van der Waals surface area contributed by atoms with Crippen LogP contribution in [0.4, 0.5) is 0 Å². The molecule has 0 bridgehead atoms. The lowest BCUT2D eigenvalue weighted by atomic mass is 9.99. The van der Waals surface area contributed by atoms with E-state index in [9.17, 15) is 0 Å². The third-order valence-corrected chi connectivity index (χ3v) is 4.31. The van der Waals surface area contributed by atoms with Gasteiger partial charge in [0.05, 0.1) is 19.6 Å². The van der Waals surface area contributed by atoms with Gasteiger partial charge in [-0.25, -0.2) is 0 Å². The fraction of sp³-hybridized carbons (Fsp3) is 0.625. The van der Waals surface area contributed by atoms with E-state index in [1.54, 1.807) is 14.2 Å². The first-order chi connectivity index (χ1) is 9.63. The van der Waals surface area contributed by atoms with Crippen LogP contribution in [-0.2, 0) is 0 Å². The molecule has 0 aliphatic carbocycles. The molecule has 0 radical (unpaired) electrons. The van der Waals surface area contributed by atoms with E-state index in [1.807, 2.05) is 18.2 Å². The smallest absolute Gasteiger partial charge is 0.123 e. The number of ether oxygens (including phenoxy) is 2. The summed E-state index contributed by atoms with van der Waals surface area (Å²) in [6, 6.07) is 5.79. The van der Waals surface area contributed by atoms with Crippen molar-refractivity contribution in [2.45, 2.75) is 25.1 Å². The SMILES string of the molecule is COc1ccc(OC)c(C(Cl)CN2CCCC(C)C2)c1. The van der Waals surface area contributed by atoms with Crippen molar-refractivity contribution in [3.63, 3.8) is 0 Å². The zero-order valence-corrected chi connectivity index (χ0v) is 13.3. The minimum Gasteiger partial charge on any atom is -0.497 e. The maximum atomic E-state index is 6.62. The van der Waals surface area contributed by atoms with Crippen LogP contribution in [0.2, 0.25) is 0 Å². The molecule has 2 atom stereocenters. The van der Waals surface area contributed by atoms with Crippen LogP contribution in [0, 0.1) is 5.92 Å². The molecule has 1 saturated heterocycles. The first-order valence-corrected chi connectivity index (χ1v) is 7.66. The Morgan fingerprint density at radius 1 is 1.35 bits per heavy atom. The number of hydrogen-bond donors (Lipinski definition) is 0. The Bertz CT molecular complexity index is 438. The molecule has 1 heterocycles. The lowest BCUT2D eigenvalue weighted by molar-refractivity contribution is 0.183. The molecule has 1 fully saturated rings. The summed E-state index contributed by atoms with van der Waals surface area (Å²) in [5.41, 5.74) is 1.01. The molecular weight excluding hydrogens is 274 g/mol. The molecule has 0 saturated carbocycles. The lowest BCUT2D eigenvalue weighted by Gasteiger charge is -2.32. The fourth-order valence-electron chi connectivity index (χ4n) is 2.86. The first-order valence-electron chi connectivity index (χ1n) is 7.22. The summed E-state index contributed by atoms with van der Waals surface area (Å²) >= 11 is 6.62. The third kappa shape index (κ3) is 3.80. The van der Waals surface area contributed by atoms with Crippen molar-refractivity contribution in [3.8, 4) is 11.5 Å². The van der Waals surface area contributed by atoms with Crippen LogP contribution >= 0.6 is 11.6 Å². The van der Waals surface area contributed by atoms with E-state index in [1.165, 1.54) is 12.8 Å². The summed E-state index contributed by atoms with van der Waals surface area (Å²) in [6.07, 6.45) is 2.59. The van der Waals surface area contributed by atoms with Gasteiger partial charge >= 0.3 is 0 Å². The summed E-state index contributed by atoms with van der Waals surface area (Å²) in [7, 11) is 3.35. The minimum atomic E-state index is -0.0784. The van der Waals surface area contributed by atoms with Gasteiger partial charge in [-0.05, 0) is 43.5 Å². The van der Waals surface area contributed by atoms with Gasteiger partial charge in [0, 0.05) is 18.7 Å². The molecule has 3 nitrogen and oxygen atoms in total. The molecule has 112 valence electrons. The molecule has 0 aromatic heterocycles. The van der Waals surface area contributed by atoms with Gasteiger partial charge in [0.25, 0.3) is 0 Å². The molecule has 0 amide bonds. The maximum absolute atomic E-state index is 6.62. The highest BCUT2D eigenvalue weighted by Gasteiger charge is 2.22. The highest BCUT2D eigenvalue weighted by atomic mass is 35.5. The van der Waals surface area contributed by atoms with Crippen LogP contribution in [0.5, 0.6) is 11.5 Å². The standard InChI is InChI=1S/C16H24ClNO2/c1-12-5-4-8-18(10-12)11-15(17)14-9-13(19-2)6-7-16(14)20-3/h6-7,9,12,15H,4-5,8,10-11H2,1-3H3. The van der Waals surface area contributed by atoms with Crippen molar-refractivity contribution < 1.29 is 9.47 Å². The van der Waals surface area contributed by atoms with Crippen molar-refractivity contribution in [1.82, 2.24) is 4.90 Å². The number of piperidine rings is 1. The van der Waals surface area contributed by atoms with Crippen molar-refractivity contribution in [1.29, 1.82) is 0 Å². The monoisotopic (exact) mass is 297 g/mol. The Kier molecular flexibility index (Phi) is 5.55. The van der Waals surface area contributed by atoms with Crippen LogP contribution in [0.3, 0.4) is 0 Å². The molecule has 0 spiro atoms. The second-order valence-electron chi connectivity index (χ2n) is 5.58. The van der Waals surface area contributed by atoms with Gasteiger partial charge in [0.1, 0.15) is 11.5 Å². The number of alkyl halides is 1. The number of rotatable bonds is 5. The fourth-order valence-corrected chi connectivity index (χ4v) is 3.23. The average Bonchev–Trinajstić information content (AvgIpc) is 2.46. The molecule has 1 aliphatic rings. The average molecular weight is 298 g/mol. The van der Waals surface area contributed by atoms with E-state index < -0.39 is 0 Å². The Labute approximate surface area is 126 Å². The van der Waals surface area contributed by atoms with E-state index in [0.29, 0.717) is 0 Å². The van der Waals surface area contributed by atoms with Gasteiger partial charge in [-0.1, -0.05) is 6.92 Å². The number of likely N-dealkylation sites (tertiary alicyclic amines) is 1. The highest BCUT2D eigenvalue weighted by molar-refractivity contribution is 6.21. The Morgan fingerprint density at radius 3 is 2.80 bits per heavy atom. The van der Waals surface area contributed by atoms with Gasteiger partial charge in [-0.15, -0.1) is 11.6 Å². The molecule has 1 aromatic rings. The number of methoxy groups -OCH3 is 2. The molecular formula is C16H24ClNO2. The van der Waals surface area contributed by atoms with E-state index >= 15 is 0 Å². The van der Waals surface area contributed by atoms with Crippen LogP contribution in [0.15, 0.2) is 18.2 Å². The Morgan fingerprint density at radius 2 is 2.15 bits per heavy atom. The van der Waals surface area contributed by atoms with Crippen LogP contribution in [-0.4, -0.2) is 38.8 Å². The summed E-state index contributed by atoms with van der Waals surface area (Å²) < 4.78 is 10.7. The lowest BCUT2D eigenvalue weighted by Crippen LogP contribution is -2.36. The number of halogens is 1. The minimum absolute atomic E-state index is 0.0784. The third-order valence-electron chi connectivity index (χ3n) is 3.93. The zero-order chi connectivity index (χ0) is 14.5. The molecule has 20 heavy (non-hydrogen) atoms. The van der Waals surface area contributed by atoms with Crippen molar-refractivity contribution >= 4 is 11.6 Å². The van der Waals surface area contributed by atoms with Crippen molar-refractivity contribution in [2.75, 3.05) is 33.9 Å². The van der Waals surface area contributed by atoms with E-state index in [2.05, 4.69) is 11.8 Å². The normalized spacial score (nSPS) is 21.5. The van der Waals surface area contributed by atoms with Crippen LogP contribution < -0.4 is 9.47 Å². The summed E-state index contributed by atoms with van der Waals surface area (Å²) in [6.45, 7) is 5.44. The predicted molar refractivity (Wildman–Crippen MR) is 83.0 cm³/mol. The molecule has 1 aromatic carbocycles. The summed E-state index contributed by atoms with van der Waals surface area (Å²) in [5, 5.41) is -0.0784. The predicted octanol–water partition coefficient (Wildman–Crippen LogP) is 3.72. The topological polar surface area (TPSA) is 21.7 Å².